The van der Waals surface area contributed by atoms with Crippen LogP contribution in [-0.4, -0.2) is 52.8 Å². The van der Waals surface area contributed by atoms with E-state index in [-0.39, 0.29) is 30.2 Å². The standard InChI is InChI=1S/C18H29N3O3/c1-12-7-9-20(10-8-12)15(22)11-21-16(23)18(19-17(21)24)13(2)5-4-6-14(18)3/h12-14H,4-11H2,1-3H3,(H,19,24). The summed E-state index contributed by atoms with van der Waals surface area (Å²) in [6.45, 7) is 7.58. The average molecular weight is 335 g/mol. The molecule has 2 aliphatic heterocycles. The predicted octanol–water partition coefficient (Wildman–Crippen LogP) is 1.99. The van der Waals surface area contributed by atoms with Gasteiger partial charge in [-0.2, -0.15) is 0 Å². The highest BCUT2D eigenvalue weighted by Crippen LogP contribution is 2.42. The van der Waals surface area contributed by atoms with Crippen LogP contribution in [0.4, 0.5) is 4.79 Å². The van der Waals surface area contributed by atoms with E-state index in [1.807, 2.05) is 13.8 Å². The fraction of sp³-hybridized carbons (Fsp3) is 0.833. The second-order valence-corrected chi connectivity index (χ2v) is 7.99. The molecule has 6 nitrogen and oxygen atoms in total. The minimum absolute atomic E-state index is 0.105. The number of carbonyl (C=O) groups is 3. The molecule has 1 aliphatic carbocycles. The highest BCUT2D eigenvalue weighted by atomic mass is 16.2. The lowest BCUT2D eigenvalue weighted by molar-refractivity contribution is -0.142. The topological polar surface area (TPSA) is 69.7 Å². The second-order valence-electron chi connectivity index (χ2n) is 7.99. The molecule has 0 aromatic rings. The Labute approximate surface area is 143 Å². The first kappa shape index (κ1) is 17.2. The van der Waals surface area contributed by atoms with Gasteiger partial charge in [-0.05, 0) is 43.4 Å². The molecule has 0 bridgehead atoms. The van der Waals surface area contributed by atoms with Crippen LogP contribution in [-0.2, 0) is 9.59 Å². The number of rotatable bonds is 2. The number of urea groups is 1. The maximum absolute atomic E-state index is 13.1. The van der Waals surface area contributed by atoms with Crippen molar-refractivity contribution in [3.8, 4) is 0 Å². The monoisotopic (exact) mass is 335 g/mol. The van der Waals surface area contributed by atoms with E-state index in [1.54, 1.807) is 4.90 Å². The van der Waals surface area contributed by atoms with Crippen molar-refractivity contribution in [1.82, 2.24) is 15.1 Å². The third-order valence-electron chi connectivity index (χ3n) is 6.42. The lowest BCUT2D eigenvalue weighted by Gasteiger charge is -2.42. The molecule has 3 aliphatic rings. The van der Waals surface area contributed by atoms with Crippen molar-refractivity contribution in [3.63, 3.8) is 0 Å². The zero-order chi connectivity index (χ0) is 17.5. The molecule has 2 heterocycles. The van der Waals surface area contributed by atoms with Crippen LogP contribution in [0, 0.1) is 17.8 Å². The van der Waals surface area contributed by atoms with Crippen molar-refractivity contribution in [1.29, 1.82) is 0 Å². The molecule has 134 valence electrons. The molecule has 1 saturated carbocycles. The van der Waals surface area contributed by atoms with E-state index in [1.165, 1.54) is 0 Å². The molecule has 0 aromatic carbocycles. The molecule has 1 spiro atoms. The van der Waals surface area contributed by atoms with Gasteiger partial charge in [0.2, 0.25) is 5.91 Å². The fourth-order valence-corrected chi connectivity index (χ4v) is 4.59. The van der Waals surface area contributed by atoms with E-state index in [2.05, 4.69) is 12.2 Å². The highest BCUT2D eigenvalue weighted by Gasteiger charge is 2.58. The van der Waals surface area contributed by atoms with E-state index in [4.69, 9.17) is 0 Å². The number of hydrogen-bond donors (Lipinski definition) is 1. The highest BCUT2D eigenvalue weighted by molar-refractivity contribution is 6.09. The van der Waals surface area contributed by atoms with Crippen LogP contribution in [0.1, 0.15) is 52.9 Å². The maximum Gasteiger partial charge on any atom is 0.325 e. The minimum Gasteiger partial charge on any atom is -0.341 e. The van der Waals surface area contributed by atoms with Gasteiger partial charge in [-0.15, -0.1) is 0 Å². The van der Waals surface area contributed by atoms with Crippen molar-refractivity contribution >= 4 is 17.8 Å². The van der Waals surface area contributed by atoms with E-state index in [9.17, 15) is 14.4 Å². The molecule has 0 aromatic heterocycles. The Morgan fingerprint density at radius 2 is 1.67 bits per heavy atom. The Morgan fingerprint density at radius 3 is 2.25 bits per heavy atom. The zero-order valence-electron chi connectivity index (χ0n) is 15.0. The molecule has 3 fully saturated rings. The Balaban J connectivity index is 1.71. The summed E-state index contributed by atoms with van der Waals surface area (Å²) in [7, 11) is 0. The van der Waals surface area contributed by atoms with Crippen LogP contribution in [0.25, 0.3) is 0 Å². The van der Waals surface area contributed by atoms with Gasteiger partial charge in [-0.3, -0.25) is 14.5 Å². The van der Waals surface area contributed by atoms with Crippen LogP contribution >= 0.6 is 0 Å². The largest absolute Gasteiger partial charge is 0.341 e. The normalized spacial score (nSPS) is 34.8. The summed E-state index contributed by atoms with van der Waals surface area (Å²) in [5.74, 6) is 0.532. The zero-order valence-corrected chi connectivity index (χ0v) is 15.0. The van der Waals surface area contributed by atoms with E-state index in [0.29, 0.717) is 5.92 Å². The molecule has 0 radical (unpaired) electrons. The Bertz CT molecular complexity index is 530. The Morgan fingerprint density at radius 1 is 1.08 bits per heavy atom. The third-order valence-corrected chi connectivity index (χ3v) is 6.42. The quantitative estimate of drug-likeness (QED) is 0.785. The third kappa shape index (κ3) is 2.70. The molecule has 4 amide bonds. The molecule has 3 rings (SSSR count). The Hall–Kier alpha value is -1.59. The van der Waals surface area contributed by atoms with Crippen LogP contribution in [0.15, 0.2) is 0 Å². The minimum atomic E-state index is -0.813. The molecule has 1 N–H and O–H groups in total. The van der Waals surface area contributed by atoms with Crippen molar-refractivity contribution in [2.45, 2.75) is 58.4 Å². The number of amides is 4. The molecular weight excluding hydrogens is 306 g/mol. The van der Waals surface area contributed by atoms with Gasteiger partial charge in [-0.25, -0.2) is 4.79 Å². The van der Waals surface area contributed by atoms with Crippen molar-refractivity contribution in [2.75, 3.05) is 19.6 Å². The molecule has 2 unspecified atom stereocenters. The van der Waals surface area contributed by atoms with Crippen LogP contribution < -0.4 is 5.32 Å². The van der Waals surface area contributed by atoms with Crippen molar-refractivity contribution < 1.29 is 14.4 Å². The van der Waals surface area contributed by atoms with Gasteiger partial charge in [0.05, 0.1) is 0 Å². The smallest absolute Gasteiger partial charge is 0.325 e. The lowest BCUT2D eigenvalue weighted by atomic mass is 9.67. The number of imide groups is 1. The van der Waals surface area contributed by atoms with Crippen molar-refractivity contribution in [2.24, 2.45) is 17.8 Å². The summed E-state index contributed by atoms with van der Waals surface area (Å²) >= 11 is 0. The summed E-state index contributed by atoms with van der Waals surface area (Å²) in [6, 6.07) is -0.403. The average Bonchev–Trinajstić information content (AvgIpc) is 2.79. The lowest BCUT2D eigenvalue weighted by Crippen LogP contribution is -2.59. The molecule has 6 heteroatoms. The van der Waals surface area contributed by atoms with E-state index < -0.39 is 11.6 Å². The number of piperidine rings is 1. The van der Waals surface area contributed by atoms with Crippen molar-refractivity contribution in [3.05, 3.63) is 0 Å². The number of carbonyl (C=O) groups excluding carboxylic acids is 3. The van der Waals surface area contributed by atoms with Gasteiger partial charge in [0, 0.05) is 13.1 Å². The first-order valence-electron chi connectivity index (χ1n) is 9.28. The summed E-state index contributed by atoms with van der Waals surface area (Å²) in [5, 5.41) is 2.95. The first-order chi connectivity index (χ1) is 11.4. The van der Waals surface area contributed by atoms with E-state index >= 15 is 0 Å². The number of nitrogens with zero attached hydrogens (tertiary/aromatic N) is 2. The van der Waals surface area contributed by atoms with Gasteiger partial charge in [-0.1, -0.05) is 27.2 Å². The predicted molar refractivity (Wildman–Crippen MR) is 90.1 cm³/mol. The first-order valence-corrected chi connectivity index (χ1v) is 9.28. The van der Waals surface area contributed by atoms with Gasteiger partial charge < -0.3 is 10.2 Å². The van der Waals surface area contributed by atoms with Gasteiger partial charge in [0.1, 0.15) is 12.1 Å². The van der Waals surface area contributed by atoms with E-state index in [0.717, 1.165) is 50.1 Å². The summed E-state index contributed by atoms with van der Waals surface area (Å²) < 4.78 is 0. The molecular formula is C18H29N3O3. The van der Waals surface area contributed by atoms with Crippen LogP contribution in [0.5, 0.6) is 0 Å². The van der Waals surface area contributed by atoms with Gasteiger partial charge in [0.25, 0.3) is 5.91 Å². The summed E-state index contributed by atoms with van der Waals surface area (Å²) in [5.41, 5.74) is -0.813. The molecule has 2 atom stereocenters. The number of likely N-dealkylation sites (tertiary alicyclic amines) is 1. The van der Waals surface area contributed by atoms with Gasteiger partial charge in [0.15, 0.2) is 0 Å². The summed E-state index contributed by atoms with van der Waals surface area (Å²) in [4.78, 5) is 41.0. The molecule has 24 heavy (non-hydrogen) atoms. The Kier molecular flexibility index (Phi) is 4.58. The SMILES string of the molecule is CC1CCN(C(=O)CN2C(=O)NC3(C2=O)C(C)CCCC3C)CC1. The second kappa shape index (κ2) is 6.37. The van der Waals surface area contributed by atoms with Gasteiger partial charge >= 0.3 is 6.03 Å². The van der Waals surface area contributed by atoms with Crippen LogP contribution in [0.3, 0.4) is 0 Å². The summed E-state index contributed by atoms with van der Waals surface area (Å²) in [6.07, 6.45) is 4.93. The number of hydrogen-bond acceptors (Lipinski definition) is 3. The van der Waals surface area contributed by atoms with Crippen LogP contribution in [0.2, 0.25) is 0 Å². The maximum atomic E-state index is 13.1. The molecule has 2 saturated heterocycles. The fourth-order valence-electron chi connectivity index (χ4n) is 4.59. The number of nitrogens with one attached hydrogen (secondary N) is 1.